The van der Waals surface area contributed by atoms with Crippen molar-refractivity contribution in [3.63, 3.8) is 0 Å². The van der Waals surface area contributed by atoms with Crippen molar-refractivity contribution in [3.8, 4) is 0 Å². The average Bonchev–Trinajstić information content (AvgIpc) is 2.45. The van der Waals surface area contributed by atoms with Gasteiger partial charge in [0.05, 0.1) is 7.11 Å². The number of carbonyl (C=O) groups excluding carboxylic acids is 1. The summed E-state index contributed by atoms with van der Waals surface area (Å²) in [6.45, 7) is 5.50. The summed E-state index contributed by atoms with van der Waals surface area (Å²) in [5, 5.41) is 0. The van der Waals surface area contributed by atoms with Crippen molar-refractivity contribution in [1.29, 1.82) is 0 Å². The number of fused-ring (bicyclic) bond motifs is 2. The molecule has 1 saturated carbocycles. The summed E-state index contributed by atoms with van der Waals surface area (Å²) in [4.78, 5) is 13.5. The van der Waals surface area contributed by atoms with E-state index in [9.17, 15) is 4.79 Å². The summed E-state index contributed by atoms with van der Waals surface area (Å²) in [5.41, 5.74) is 2.94. The molecule has 0 N–H and O–H groups in total. The topological polar surface area (TPSA) is 29.5 Å². The second kappa shape index (κ2) is 5.64. The molecule has 19 heavy (non-hydrogen) atoms. The Morgan fingerprint density at radius 1 is 1.26 bits per heavy atom. The monoisotopic (exact) mass is 261 g/mol. The van der Waals surface area contributed by atoms with E-state index in [0.29, 0.717) is 6.54 Å². The molecule has 1 fully saturated rings. The highest BCUT2D eigenvalue weighted by Gasteiger charge is 2.45. The predicted octanol–water partition coefficient (Wildman–Crippen LogP) is 3.72. The molecule has 104 valence electrons. The minimum Gasteiger partial charge on any atom is -0.453 e. The van der Waals surface area contributed by atoms with E-state index in [4.69, 9.17) is 4.74 Å². The Morgan fingerprint density at radius 2 is 1.95 bits per heavy atom. The van der Waals surface area contributed by atoms with Crippen LogP contribution in [0.25, 0.3) is 0 Å². The Morgan fingerprint density at radius 3 is 2.53 bits per heavy atom. The molecule has 0 unspecified atom stereocenters. The zero-order valence-corrected chi connectivity index (χ0v) is 12.1. The summed E-state index contributed by atoms with van der Waals surface area (Å²) < 4.78 is 4.85. The molecule has 0 aromatic heterocycles. The maximum absolute atomic E-state index is 11.7. The molecular weight excluding hydrogens is 238 g/mol. The Hall–Kier alpha value is -1.51. The van der Waals surface area contributed by atoms with E-state index in [-0.39, 0.29) is 11.5 Å². The largest absolute Gasteiger partial charge is 0.453 e. The fourth-order valence-electron chi connectivity index (χ4n) is 3.18. The van der Waals surface area contributed by atoms with Crippen LogP contribution in [-0.2, 0) is 16.7 Å². The van der Waals surface area contributed by atoms with Crippen molar-refractivity contribution in [3.05, 3.63) is 35.4 Å². The van der Waals surface area contributed by atoms with Crippen molar-refractivity contribution in [2.24, 2.45) is 0 Å². The van der Waals surface area contributed by atoms with Gasteiger partial charge >= 0.3 is 6.09 Å². The highest BCUT2D eigenvalue weighted by molar-refractivity contribution is 5.68. The summed E-state index contributed by atoms with van der Waals surface area (Å²) >= 11 is 0. The first-order chi connectivity index (χ1) is 9.25. The minimum absolute atomic E-state index is 0.203. The van der Waals surface area contributed by atoms with Gasteiger partial charge in [-0.05, 0) is 24.0 Å². The summed E-state index contributed by atoms with van der Waals surface area (Å²) in [6, 6.07) is 8.51. The van der Waals surface area contributed by atoms with Gasteiger partial charge in [0.1, 0.15) is 0 Å². The van der Waals surface area contributed by atoms with Crippen molar-refractivity contribution in [2.45, 2.75) is 45.1 Å². The highest BCUT2D eigenvalue weighted by atomic mass is 16.5. The molecule has 1 spiro atoms. The first-order valence-electron chi connectivity index (χ1n) is 7.16. The molecule has 3 rings (SSSR count). The number of carbonyl (C=O) groups is 1. The number of benzene rings is 1. The van der Waals surface area contributed by atoms with Crippen LogP contribution >= 0.6 is 0 Å². The van der Waals surface area contributed by atoms with Crippen LogP contribution in [0.2, 0.25) is 0 Å². The fraction of sp³-hybridized carbons (Fsp3) is 0.562. The fourth-order valence-corrected chi connectivity index (χ4v) is 3.18. The van der Waals surface area contributed by atoms with E-state index in [1.54, 1.807) is 0 Å². The van der Waals surface area contributed by atoms with E-state index >= 15 is 0 Å². The highest BCUT2D eigenvalue weighted by Crippen LogP contribution is 2.48. The Kier molecular flexibility index (Phi) is 4.13. The van der Waals surface area contributed by atoms with Gasteiger partial charge in [-0.25, -0.2) is 4.79 Å². The number of amides is 1. The van der Waals surface area contributed by atoms with E-state index in [1.807, 2.05) is 24.8 Å². The van der Waals surface area contributed by atoms with Gasteiger partial charge in [-0.1, -0.05) is 44.5 Å². The number of nitrogens with zero attached hydrogens (tertiary/aromatic N) is 1. The van der Waals surface area contributed by atoms with Gasteiger partial charge in [0.25, 0.3) is 0 Å². The molecule has 3 nitrogen and oxygen atoms in total. The normalized spacial score (nSPS) is 18.8. The summed E-state index contributed by atoms with van der Waals surface area (Å²) in [5.74, 6) is 0. The minimum atomic E-state index is -0.203. The van der Waals surface area contributed by atoms with E-state index in [0.717, 1.165) is 6.54 Å². The maximum atomic E-state index is 11.7. The lowest BCUT2D eigenvalue weighted by molar-refractivity contribution is 0.0810. The Bertz CT molecular complexity index is 452. The summed E-state index contributed by atoms with van der Waals surface area (Å²) in [7, 11) is 1.45. The predicted molar refractivity (Wildman–Crippen MR) is 76.1 cm³/mol. The second-order valence-electron chi connectivity index (χ2n) is 5.12. The van der Waals surface area contributed by atoms with Crippen LogP contribution in [0.3, 0.4) is 0 Å². The van der Waals surface area contributed by atoms with Crippen LogP contribution in [0.15, 0.2) is 24.3 Å². The molecular formula is C16H23NO2. The van der Waals surface area contributed by atoms with Gasteiger partial charge < -0.3 is 9.64 Å². The van der Waals surface area contributed by atoms with E-state index in [1.165, 1.54) is 37.5 Å². The maximum Gasteiger partial charge on any atom is 0.409 e. The molecule has 0 saturated heterocycles. The van der Waals surface area contributed by atoms with Crippen LogP contribution in [0, 0.1) is 0 Å². The van der Waals surface area contributed by atoms with E-state index < -0.39 is 0 Å². The zero-order chi connectivity index (χ0) is 13.9. The van der Waals surface area contributed by atoms with Crippen LogP contribution < -0.4 is 0 Å². The Balaban J connectivity index is 0.000000637. The van der Waals surface area contributed by atoms with Gasteiger partial charge in [0.2, 0.25) is 0 Å². The van der Waals surface area contributed by atoms with Crippen molar-refractivity contribution in [1.82, 2.24) is 4.90 Å². The molecule has 1 heterocycles. The number of hydrogen-bond acceptors (Lipinski definition) is 2. The molecule has 1 aliphatic carbocycles. The van der Waals surface area contributed by atoms with Crippen molar-refractivity contribution >= 4 is 6.09 Å². The van der Waals surface area contributed by atoms with Crippen molar-refractivity contribution < 1.29 is 9.53 Å². The lowest BCUT2D eigenvalue weighted by Crippen LogP contribution is -2.51. The average molecular weight is 261 g/mol. The third-order valence-corrected chi connectivity index (χ3v) is 4.19. The lowest BCUT2D eigenvalue weighted by atomic mass is 9.61. The lowest BCUT2D eigenvalue weighted by Gasteiger charge is -2.49. The molecule has 1 aromatic rings. The standard InChI is InChI=1S/C14H17NO2.C2H6/c1-17-13(16)15-9-11-5-2-3-6-12(11)14(10-15)7-4-8-14;1-2/h2-3,5-6H,4,7-10H2,1H3;1-2H3. The quantitative estimate of drug-likeness (QED) is 0.712. The van der Waals surface area contributed by atoms with Crippen LogP contribution in [-0.4, -0.2) is 24.6 Å². The van der Waals surface area contributed by atoms with E-state index in [2.05, 4.69) is 18.2 Å². The Labute approximate surface area is 115 Å². The van der Waals surface area contributed by atoms with Crippen LogP contribution in [0.1, 0.15) is 44.2 Å². The van der Waals surface area contributed by atoms with Crippen molar-refractivity contribution in [2.75, 3.05) is 13.7 Å². The zero-order valence-electron chi connectivity index (χ0n) is 12.1. The van der Waals surface area contributed by atoms with Gasteiger partial charge in [0.15, 0.2) is 0 Å². The molecule has 3 heteroatoms. The molecule has 1 amide bonds. The number of ether oxygens (including phenoxy) is 1. The SMILES string of the molecule is CC.COC(=O)N1Cc2ccccc2C2(CCC2)C1. The molecule has 1 aromatic carbocycles. The molecule has 2 aliphatic rings. The van der Waals surface area contributed by atoms with Gasteiger partial charge in [0, 0.05) is 18.5 Å². The van der Waals surface area contributed by atoms with Gasteiger partial charge in [-0.2, -0.15) is 0 Å². The second-order valence-corrected chi connectivity index (χ2v) is 5.12. The smallest absolute Gasteiger partial charge is 0.409 e. The van der Waals surface area contributed by atoms with Gasteiger partial charge in [-0.15, -0.1) is 0 Å². The first kappa shape index (κ1) is 13.9. The number of hydrogen-bond donors (Lipinski definition) is 0. The summed E-state index contributed by atoms with van der Waals surface area (Å²) in [6.07, 6.45) is 3.45. The van der Waals surface area contributed by atoms with Gasteiger partial charge in [-0.3, -0.25) is 0 Å². The molecule has 0 radical (unpaired) electrons. The first-order valence-corrected chi connectivity index (χ1v) is 7.16. The number of methoxy groups -OCH3 is 1. The molecule has 1 aliphatic heterocycles. The van der Waals surface area contributed by atoms with Crippen LogP contribution in [0.5, 0.6) is 0 Å². The third kappa shape index (κ3) is 2.34. The third-order valence-electron chi connectivity index (χ3n) is 4.19. The molecule has 0 atom stereocenters. The van der Waals surface area contributed by atoms with Crippen LogP contribution in [0.4, 0.5) is 4.79 Å². The number of rotatable bonds is 0. The molecule has 0 bridgehead atoms.